The molecule has 1 saturated heterocycles. The molecule has 1 aliphatic heterocycles. The van der Waals surface area contributed by atoms with E-state index in [1.807, 2.05) is 30.9 Å². The summed E-state index contributed by atoms with van der Waals surface area (Å²) in [6.45, 7) is 11.5. The number of hydrogen-bond donors (Lipinski definition) is 1. The van der Waals surface area contributed by atoms with Crippen LogP contribution in [0.25, 0.3) is 0 Å². The summed E-state index contributed by atoms with van der Waals surface area (Å²) in [5, 5.41) is 3.06. The largest absolute Gasteiger partial charge is 0.368 e. The molecule has 3 rings (SSSR count). The second kappa shape index (κ2) is 7.18. The molecule has 0 radical (unpaired) electrons. The molecule has 4 heteroatoms. The zero-order valence-corrected chi connectivity index (χ0v) is 15.6. The number of nitrogens with zero attached hydrogens (tertiary/aromatic N) is 2. The maximum absolute atomic E-state index is 12.6. The highest BCUT2D eigenvalue weighted by atomic mass is 16.2. The van der Waals surface area contributed by atoms with Gasteiger partial charge in [-0.1, -0.05) is 24.3 Å². The highest BCUT2D eigenvalue weighted by Crippen LogP contribution is 2.23. The molecule has 1 N–H and O–H groups in total. The van der Waals surface area contributed by atoms with Crippen LogP contribution >= 0.6 is 0 Å². The zero-order valence-electron chi connectivity index (χ0n) is 15.6. The van der Waals surface area contributed by atoms with Gasteiger partial charge in [-0.2, -0.15) is 0 Å². The van der Waals surface area contributed by atoms with Gasteiger partial charge in [-0.05, 0) is 62.1 Å². The van der Waals surface area contributed by atoms with Crippen molar-refractivity contribution in [2.45, 2.75) is 27.7 Å². The maximum Gasteiger partial charge on any atom is 0.321 e. The first-order chi connectivity index (χ1) is 11.9. The molecule has 0 bridgehead atoms. The van der Waals surface area contributed by atoms with Crippen LogP contribution in [0.4, 0.5) is 16.2 Å². The van der Waals surface area contributed by atoms with Gasteiger partial charge in [0.15, 0.2) is 0 Å². The lowest BCUT2D eigenvalue weighted by atomic mass is 10.1. The van der Waals surface area contributed by atoms with Gasteiger partial charge in [0, 0.05) is 37.6 Å². The van der Waals surface area contributed by atoms with E-state index in [-0.39, 0.29) is 6.03 Å². The summed E-state index contributed by atoms with van der Waals surface area (Å²) in [5.41, 5.74) is 7.00. The van der Waals surface area contributed by atoms with E-state index in [0.717, 1.165) is 43.0 Å². The van der Waals surface area contributed by atoms with Gasteiger partial charge in [0.2, 0.25) is 0 Å². The van der Waals surface area contributed by atoms with Gasteiger partial charge < -0.3 is 15.1 Å². The van der Waals surface area contributed by atoms with Crippen LogP contribution in [0.1, 0.15) is 22.3 Å². The topological polar surface area (TPSA) is 35.6 Å². The summed E-state index contributed by atoms with van der Waals surface area (Å²) in [6, 6.07) is 12.7. The second-order valence-electron chi connectivity index (χ2n) is 7.01. The molecule has 1 aliphatic rings. The zero-order chi connectivity index (χ0) is 18.0. The number of nitrogens with one attached hydrogen (secondary N) is 1. The lowest BCUT2D eigenvalue weighted by Gasteiger charge is -2.37. The van der Waals surface area contributed by atoms with Gasteiger partial charge in [0.1, 0.15) is 0 Å². The molecule has 1 fully saturated rings. The van der Waals surface area contributed by atoms with Gasteiger partial charge in [0.25, 0.3) is 0 Å². The number of carbonyl (C=O) groups is 1. The number of benzene rings is 2. The molecule has 1 heterocycles. The fourth-order valence-electron chi connectivity index (χ4n) is 3.28. The van der Waals surface area contributed by atoms with Gasteiger partial charge in [0.05, 0.1) is 0 Å². The van der Waals surface area contributed by atoms with Crippen LogP contribution in [0.3, 0.4) is 0 Å². The van der Waals surface area contributed by atoms with E-state index in [4.69, 9.17) is 0 Å². The first-order valence-corrected chi connectivity index (χ1v) is 8.89. The molecule has 0 aromatic heterocycles. The fourth-order valence-corrected chi connectivity index (χ4v) is 3.28. The Morgan fingerprint density at radius 3 is 2.12 bits per heavy atom. The molecule has 132 valence electrons. The quantitative estimate of drug-likeness (QED) is 0.888. The van der Waals surface area contributed by atoms with Gasteiger partial charge >= 0.3 is 6.03 Å². The number of anilines is 2. The number of piperazine rings is 1. The van der Waals surface area contributed by atoms with Gasteiger partial charge in [-0.3, -0.25) is 0 Å². The maximum atomic E-state index is 12.6. The van der Waals surface area contributed by atoms with Crippen molar-refractivity contribution in [2.24, 2.45) is 0 Å². The van der Waals surface area contributed by atoms with Crippen LogP contribution in [0.5, 0.6) is 0 Å². The number of carbonyl (C=O) groups excluding carboxylic acids is 1. The van der Waals surface area contributed by atoms with Crippen LogP contribution in [0.15, 0.2) is 36.4 Å². The van der Waals surface area contributed by atoms with Crippen LogP contribution in [-0.2, 0) is 0 Å². The van der Waals surface area contributed by atoms with Crippen molar-refractivity contribution in [2.75, 3.05) is 36.4 Å². The standard InChI is InChI=1S/C21H27N3O/c1-15-5-7-17(3)19(13-15)22-21(25)24-11-9-23(10-12-24)20-14-16(2)6-8-18(20)4/h5-8,13-14H,9-12H2,1-4H3,(H,22,25). The molecule has 0 aliphatic carbocycles. The highest BCUT2D eigenvalue weighted by molar-refractivity contribution is 5.90. The number of hydrogen-bond acceptors (Lipinski definition) is 2. The van der Waals surface area contributed by atoms with E-state index in [1.165, 1.54) is 16.8 Å². The Morgan fingerprint density at radius 2 is 1.44 bits per heavy atom. The van der Waals surface area contributed by atoms with E-state index in [1.54, 1.807) is 0 Å². The van der Waals surface area contributed by atoms with Crippen molar-refractivity contribution in [3.8, 4) is 0 Å². The number of amides is 2. The summed E-state index contributed by atoms with van der Waals surface area (Å²) in [5.74, 6) is 0. The van der Waals surface area contributed by atoms with Gasteiger partial charge in [-0.15, -0.1) is 0 Å². The lowest BCUT2D eigenvalue weighted by molar-refractivity contribution is 0.208. The van der Waals surface area contributed by atoms with E-state index >= 15 is 0 Å². The third-order valence-corrected chi connectivity index (χ3v) is 4.91. The summed E-state index contributed by atoms with van der Waals surface area (Å²) in [6.07, 6.45) is 0. The monoisotopic (exact) mass is 337 g/mol. The Bertz CT molecular complexity index is 777. The van der Waals surface area contributed by atoms with Crippen molar-refractivity contribution in [3.05, 3.63) is 58.7 Å². The first kappa shape index (κ1) is 17.3. The number of aryl methyl sites for hydroxylation is 4. The minimum atomic E-state index is -0.00526. The van der Waals surface area contributed by atoms with Crippen molar-refractivity contribution in [1.82, 2.24) is 4.90 Å². The van der Waals surface area contributed by atoms with Crippen LogP contribution in [-0.4, -0.2) is 37.1 Å². The first-order valence-electron chi connectivity index (χ1n) is 8.89. The minimum absolute atomic E-state index is 0.00526. The Hall–Kier alpha value is -2.49. The smallest absolute Gasteiger partial charge is 0.321 e. The molecule has 4 nitrogen and oxygen atoms in total. The number of rotatable bonds is 2. The van der Waals surface area contributed by atoms with Crippen LogP contribution in [0, 0.1) is 27.7 Å². The molecule has 2 aromatic rings. The SMILES string of the molecule is Cc1ccc(C)c(NC(=O)N2CCN(c3cc(C)ccc3C)CC2)c1. The van der Waals surface area contributed by atoms with Crippen molar-refractivity contribution in [3.63, 3.8) is 0 Å². The Balaban J connectivity index is 1.63. The molecule has 0 unspecified atom stereocenters. The van der Waals surface area contributed by atoms with Crippen molar-refractivity contribution < 1.29 is 4.79 Å². The average Bonchev–Trinajstić information content (AvgIpc) is 2.60. The fraction of sp³-hybridized carbons (Fsp3) is 0.381. The summed E-state index contributed by atoms with van der Waals surface area (Å²) >= 11 is 0. The third-order valence-electron chi connectivity index (χ3n) is 4.91. The Kier molecular flexibility index (Phi) is 4.98. The van der Waals surface area contributed by atoms with E-state index in [2.05, 4.69) is 48.3 Å². The normalized spacial score (nSPS) is 14.6. The molecular formula is C21H27N3O. The summed E-state index contributed by atoms with van der Waals surface area (Å²) in [7, 11) is 0. The van der Waals surface area contributed by atoms with Crippen LogP contribution in [0.2, 0.25) is 0 Å². The number of urea groups is 1. The highest BCUT2D eigenvalue weighted by Gasteiger charge is 2.22. The third kappa shape index (κ3) is 3.95. The van der Waals surface area contributed by atoms with E-state index in [9.17, 15) is 4.79 Å². The minimum Gasteiger partial charge on any atom is -0.368 e. The molecule has 2 amide bonds. The lowest BCUT2D eigenvalue weighted by Crippen LogP contribution is -2.50. The van der Waals surface area contributed by atoms with Gasteiger partial charge in [-0.25, -0.2) is 4.79 Å². The Morgan fingerprint density at radius 1 is 0.840 bits per heavy atom. The van der Waals surface area contributed by atoms with Crippen molar-refractivity contribution >= 4 is 17.4 Å². The molecule has 0 spiro atoms. The predicted molar refractivity (Wildman–Crippen MR) is 105 cm³/mol. The molecule has 0 saturated carbocycles. The second-order valence-corrected chi connectivity index (χ2v) is 7.01. The summed E-state index contributed by atoms with van der Waals surface area (Å²) in [4.78, 5) is 16.9. The molecule has 25 heavy (non-hydrogen) atoms. The van der Waals surface area contributed by atoms with E-state index in [0.29, 0.717) is 0 Å². The molecular weight excluding hydrogens is 310 g/mol. The molecule has 2 aromatic carbocycles. The molecule has 0 atom stereocenters. The Labute approximate surface area is 150 Å². The van der Waals surface area contributed by atoms with E-state index < -0.39 is 0 Å². The summed E-state index contributed by atoms with van der Waals surface area (Å²) < 4.78 is 0. The predicted octanol–water partition coefficient (Wildman–Crippen LogP) is 4.27. The average molecular weight is 337 g/mol. The van der Waals surface area contributed by atoms with Crippen LogP contribution < -0.4 is 10.2 Å². The van der Waals surface area contributed by atoms with Crippen molar-refractivity contribution in [1.29, 1.82) is 0 Å².